The van der Waals surface area contributed by atoms with E-state index in [0.717, 1.165) is 34.9 Å². The first-order valence-corrected chi connectivity index (χ1v) is 15.9. The number of hydrogen-bond acceptors (Lipinski definition) is 5. The maximum Gasteiger partial charge on any atom is 0.263 e. The molecule has 9 heteroatoms. The molecule has 3 aromatic carbocycles. The van der Waals surface area contributed by atoms with Gasteiger partial charge in [0.1, 0.15) is 0 Å². The third kappa shape index (κ3) is 5.68. The smallest absolute Gasteiger partial charge is 0.263 e. The van der Waals surface area contributed by atoms with Crippen molar-refractivity contribution in [2.45, 2.75) is 64.7 Å². The molecule has 44 heavy (non-hydrogen) atoms. The highest BCUT2D eigenvalue weighted by Gasteiger charge is 2.35. The summed E-state index contributed by atoms with van der Waals surface area (Å²) in [7, 11) is 1.60. The van der Waals surface area contributed by atoms with E-state index in [-0.39, 0.29) is 36.0 Å². The van der Waals surface area contributed by atoms with Crippen LogP contribution in [0.3, 0.4) is 0 Å². The Balaban J connectivity index is 1.47. The molecule has 1 aromatic heterocycles. The van der Waals surface area contributed by atoms with E-state index in [1.54, 1.807) is 23.7 Å². The number of nitrogens with zero attached hydrogens (tertiary/aromatic N) is 4. The van der Waals surface area contributed by atoms with Crippen LogP contribution in [0.5, 0.6) is 0 Å². The van der Waals surface area contributed by atoms with Gasteiger partial charge in [-0.1, -0.05) is 46.3 Å². The molecule has 2 aliphatic rings. The van der Waals surface area contributed by atoms with Crippen LogP contribution in [0.25, 0.3) is 5.69 Å². The van der Waals surface area contributed by atoms with E-state index in [4.69, 9.17) is 4.98 Å². The number of benzene rings is 3. The molecule has 226 valence electrons. The molecule has 0 unspecified atom stereocenters. The topological polar surface area (TPSA) is 87.5 Å². The molecule has 2 amide bonds. The number of anilines is 1. The quantitative estimate of drug-likeness (QED) is 0.272. The lowest BCUT2D eigenvalue weighted by Crippen LogP contribution is -2.48. The number of hydrogen-bond donors (Lipinski definition) is 1. The third-order valence-electron chi connectivity index (χ3n) is 8.84. The Morgan fingerprint density at radius 1 is 1.02 bits per heavy atom. The second-order valence-corrected chi connectivity index (χ2v) is 12.6. The highest BCUT2D eigenvalue weighted by atomic mass is 79.9. The molecule has 1 aliphatic heterocycles. The molecule has 6 rings (SSSR count). The molecule has 8 nitrogen and oxygen atoms in total. The number of aryl methyl sites for hydroxylation is 1. The molecule has 1 aliphatic carbocycles. The zero-order valence-corrected chi connectivity index (χ0v) is 26.8. The van der Waals surface area contributed by atoms with Crippen molar-refractivity contribution in [3.8, 4) is 5.69 Å². The number of halogens is 1. The lowest BCUT2D eigenvalue weighted by molar-refractivity contribution is 0.0652. The highest BCUT2D eigenvalue weighted by molar-refractivity contribution is 9.10. The fraction of sp³-hybridized carbons (Fsp3) is 0.314. The van der Waals surface area contributed by atoms with Crippen LogP contribution in [0.4, 0.5) is 5.95 Å². The predicted octanol–water partition coefficient (Wildman–Crippen LogP) is 5.81. The maximum atomic E-state index is 14.5. The summed E-state index contributed by atoms with van der Waals surface area (Å²) in [5, 5.41) is 2.65. The number of aromatic nitrogens is 2. The summed E-state index contributed by atoms with van der Waals surface area (Å²) in [6.07, 6.45) is 3.55. The van der Waals surface area contributed by atoms with Gasteiger partial charge in [0, 0.05) is 46.8 Å². The zero-order chi connectivity index (χ0) is 31.0. The lowest BCUT2D eigenvalue weighted by atomic mass is 9.91. The summed E-state index contributed by atoms with van der Waals surface area (Å²) in [5.74, 6) is 0.306. The largest absolute Gasteiger partial charge is 0.355 e. The van der Waals surface area contributed by atoms with E-state index in [1.165, 1.54) is 0 Å². The molecule has 0 radical (unpaired) electrons. The summed E-state index contributed by atoms with van der Waals surface area (Å²) in [5.41, 5.74) is 5.04. The van der Waals surface area contributed by atoms with E-state index < -0.39 is 0 Å². The summed E-state index contributed by atoms with van der Waals surface area (Å²) < 4.78 is 2.66. The molecular weight excluding hydrogens is 618 g/mol. The van der Waals surface area contributed by atoms with Gasteiger partial charge in [-0.05, 0) is 93.1 Å². The van der Waals surface area contributed by atoms with Gasteiger partial charge in [-0.15, -0.1) is 0 Å². The summed E-state index contributed by atoms with van der Waals surface area (Å²) in [6, 6.07) is 23.0. The monoisotopic (exact) mass is 653 g/mol. The first-order chi connectivity index (χ1) is 21.2. The van der Waals surface area contributed by atoms with Crippen molar-refractivity contribution in [2.24, 2.45) is 0 Å². The normalized spacial score (nSPS) is 16.2. The van der Waals surface area contributed by atoms with Gasteiger partial charge in [0.05, 0.1) is 17.9 Å². The Kier molecular flexibility index (Phi) is 8.40. The minimum atomic E-state index is -0.188. The van der Waals surface area contributed by atoms with Crippen molar-refractivity contribution < 1.29 is 9.59 Å². The minimum absolute atomic E-state index is 0.0730. The van der Waals surface area contributed by atoms with Gasteiger partial charge in [-0.25, -0.2) is 9.55 Å². The third-order valence-corrected chi connectivity index (χ3v) is 9.73. The number of nitrogens with one attached hydrogen (secondary N) is 1. The van der Waals surface area contributed by atoms with Gasteiger partial charge in [0.15, 0.2) is 0 Å². The summed E-state index contributed by atoms with van der Waals surface area (Å²) >= 11 is 3.53. The van der Waals surface area contributed by atoms with Crippen molar-refractivity contribution in [3.63, 3.8) is 0 Å². The number of carbonyl (C=O) groups is 2. The first kappa shape index (κ1) is 29.8. The molecular formula is C35H36BrN5O3. The fourth-order valence-corrected chi connectivity index (χ4v) is 6.28. The average molecular weight is 655 g/mol. The zero-order valence-electron chi connectivity index (χ0n) is 25.2. The Morgan fingerprint density at radius 3 is 2.36 bits per heavy atom. The van der Waals surface area contributed by atoms with Crippen LogP contribution < -0.4 is 15.8 Å². The second kappa shape index (κ2) is 12.4. The van der Waals surface area contributed by atoms with Gasteiger partial charge < -0.3 is 15.1 Å². The van der Waals surface area contributed by atoms with Crippen molar-refractivity contribution in [1.82, 2.24) is 19.8 Å². The molecule has 1 N–H and O–H groups in total. The molecule has 1 atom stereocenters. The Morgan fingerprint density at radius 2 is 1.73 bits per heavy atom. The number of fused-ring (bicyclic) bond motifs is 1. The van der Waals surface area contributed by atoms with E-state index in [9.17, 15) is 14.4 Å². The predicted molar refractivity (Wildman–Crippen MR) is 175 cm³/mol. The molecule has 2 heterocycles. The van der Waals surface area contributed by atoms with Crippen LogP contribution in [0.1, 0.15) is 69.3 Å². The van der Waals surface area contributed by atoms with Crippen LogP contribution in [0, 0.1) is 6.92 Å². The van der Waals surface area contributed by atoms with Crippen molar-refractivity contribution in [1.29, 1.82) is 0 Å². The van der Waals surface area contributed by atoms with E-state index in [0.29, 0.717) is 47.0 Å². The molecule has 0 saturated heterocycles. The number of amides is 2. The van der Waals surface area contributed by atoms with E-state index in [1.807, 2.05) is 67.3 Å². The van der Waals surface area contributed by atoms with E-state index in [2.05, 4.69) is 38.3 Å². The Hall–Kier alpha value is -4.24. The van der Waals surface area contributed by atoms with Gasteiger partial charge in [-0.3, -0.25) is 14.4 Å². The molecule has 4 aromatic rings. The molecule has 0 bridgehead atoms. The van der Waals surface area contributed by atoms with Crippen molar-refractivity contribution in [3.05, 3.63) is 121 Å². The summed E-state index contributed by atoms with van der Waals surface area (Å²) in [4.78, 5) is 49.8. The van der Waals surface area contributed by atoms with Crippen LogP contribution >= 0.6 is 15.9 Å². The molecule has 0 spiro atoms. The highest BCUT2D eigenvalue weighted by Crippen LogP contribution is 2.33. The number of rotatable bonds is 7. The number of carbonyl (C=O) groups excluding carboxylic acids is 2. The van der Waals surface area contributed by atoms with Crippen molar-refractivity contribution in [2.75, 3.05) is 11.9 Å². The van der Waals surface area contributed by atoms with Gasteiger partial charge in [0.25, 0.3) is 17.4 Å². The molecule has 1 saturated carbocycles. The van der Waals surface area contributed by atoms with E-state index >= 15 is 0 Å². The van der Waals surface area contributed by atoms with Crippen LogP contribution in [-0.2, 0) is 19.5 Å². The Bertz CT molecular complexity index is 1770. The average Bonchev–Trinajstić information content (AvgIpc) is 3.01. The Labute approximate surface area is 265 Å². The van der Waals surface area contributed by atoms with Crippen molar-refractivity contribution >= 4 is 33.7 Å². The van der Waals surface area contributed by atoms with Gasteiger partial charge in [0.2, 0.25) is 5.95 Å². The van der Waals surface area contributed by atoms with Gasteiger partial charge >= 0.3 is 0 Å². The lowest BCUT2D eigenvalue weighted by Gasteiger charge is -2.40. The maximum absolute atomic E-state index is 14.5. The SMILES string of the molecule is CNC(=O)c1ccc(-n2c(N(Cc3ccccc3)C3CCC3)nc3c(c2=O)C[C@@H](C)N(C(=O)c2ccc(Br)c(C)c2)C3)cc1. The summed E-state index contributed by atoms with van der Waals surface area (Å²) in [6.45, 7) is 4.81. The van der Waals surface area contributed by atoms with Crippen LogP contribution in [-0.4, -0.2) is 45.4 Å². The molecule has 1 fully saturated rings. The first-order valence-electron chi connectivity index (χ1n) is 15.1. The van der Waals surface area contributed by atoms with Crippen LogP contribution in [0.2, 0.25) is 0 Å². The van der Waals surface area contributed by atoms with Crippen LogP contribution in [0.15, 0.2) is 82.1 Å². The fourth-order valence-electron chi connectivity index (χ4n) is 6.03. The second-order valence-electron chi connectivity index (χ2n) is 11.8. The minimum Gasteiger partial charge on any atom is -0.355 e. The van der Waals surface area contributed by atoms with Gasteiger partial charge in [-0.2, -0.15) is 0 Å². The standard InChI is InChI=1S/C35H36BrN5O3/c1-22-18-26(14-17-30(22)36)33(43)39-21-31-29(19-23(39)2)34(44)41(28-15-12-25(13-16-28)32(42)37-3)35(38-31)40(27-10-7-11-27)20-24-8-5-4-6-9-24/h4-6,8-9,12-18,23,27H,7,10-11,19-21H2,1-3H3,(H,37,42)/t23-/m1/s1.